The minimum absolute atomic E-state index is 0.326. The van der Waals surface area contributed by atoms with Crippen molar-refractivity contribution in [1.82, 2.24) is 0 Å². The van der Waals surface area contributed by atoms with Gasteiger partial charge >= 0.3 is 6.18 Å². The molecule has 0 aliphatic heterocycles. The highest BCUT2D eigenvalue weighted by Gasteiger charge is 2.30. The lowest BCUT2D eigenvalue weighted by Gasteiger charge is -2.12. The quantitative estimate of drug-likeness (QED) is 0.683. The SMILES string of the molecule is CC(=NC(C)c1cccc(C(F)(F)F)c1)c1ccccc1. The Bertz CT molecular complexity index is 630. The van der Waals surface area contributed by atoms with Crippen molar-refractivity contribution in [2.75, 3.05) is 0 Å². The standard InChI is InChI=1S/C17H16F3N/c1-12(14-7-4-3-5-8-14)21-13(2)15-9-6-10-16(11-15)17(18,19)20/h3-11,13H,1-2H3. The van der Waals surface area contributed by atoms with Crippen molar-refractivity contribution in [3.63, 3.8) is 0 Å². The highest BCUT2D eigenvalue weighted by Crippen LogP contribution is 2.31. The zero-order valence-corrected chi connectivity index (χ0v) is 11.9. The highest BCUT2D eigenvalue weighted by atomic mass is 19.4. The Balaban J connectivity index is 2.27. The van der Waals surface area contributed by atoms with Crippen LogP contribution in [0.3, 0.4) is 0 Å². The summed E-state index contributed by atoms with van der Waals surface area (Å²) < 4.78 is 38.2. The van der Waals surface area contributed by atoms with Crippen LogP contribution in [0.25, 0.3) is 0 Å². The molecule has 0 aromatic heterocycles. The average molecular weight is 291 g/mol. The van der Waals surface area contributed by atoms with Gasteiger partial charge in [0.05, 0.1) is 11.6 Å². The third-order valence-corrected chi connectivity index (χ3v) is 3.28. The Kier molecular flexibility index (Phi) is 4.46. The number of aliphatic imine (C=N–C) groups is 1. The predicted octanol–water partition coefficient (Wildman–Crippen LogP) is 5.28. The molecule has 0 N–H and O–H groups in total. The van der Waals surface area contributed by atoms with Crippen molar-refractivity contribution < 1.29 is 13.2 Å². The smallest absolute Gasteiger partial charge is 0.282 e. The molecule has 1 unspecified atom stereocenters. The van der Waals surface area contributed by atoms with E-state index in [2.05, 4.69) is 4.99 Å². The van der Waals surface area contributed by atoms with Crippen LogP contribution in [-0.4, -0.2) is 5.71 Å². The predicted molar refractivity (Wildman–Crippen MR) is 78.5 cm³/mol. The molecule has 2 aromatic carbocycles. The van der Waals surface area contributed by atoms with E-state index < -0.39 is 11.7 Å². The molecule has 0 aliphatic carbocycles. The zero-order valence-electron chi connectivity index (χ0n) is 11.9. The fourth-order valence-corrected chi connectivity index (χ4v) is 2.09. The Labute approximate surface area is 122 Å². The average Bonchev–Trinajstić information content (AvgIpc) is 2.47. The van der Waals surface area contributed by atoms with E-state index in [4.69, 9.17) is 0 Å². The summed E-state index contributed by atoms with van der Waals surface area (Å²) >= 11 is 0. The van der Waals surface area contributed by atoms with Gasteiger partial charge in [0.25, 0.3) is 0 Å². The third-order valence-electron chi connectivity index (χ3n) is 3.28. The van der Waals surface area contributed by atoms with Crippen molar-refractivity contribution in [3.8, 4) is 0 Å². The van der Waals surface area contributed by atoms with Crippen molar-refractivity contribution in [2.45, 2.75) is 26.1 Å². The normalized spacial score (nSPS) is 14.0. The number of hydrogen-bond acceptors (Lipinski definition) is 1. The minimum Gasteiger partial charge on any atom is -0.282 e. The molecular formula is C17H16F3N. The number of nitrogens with zero attached hydrogens (tertiary/aromatic N) is 1. The van der Waals surface area contributed by atoms with Crippen LogP contribution < -0.4 is 0 Å². The van der Waals surface area contributed by atoms with Crippen molar-refractivity contribution in [2.24, 2.45) is 4.99 Å². The van der Waals surface area contributed by atoms with Crippen LogP contribution in [0.1, 0.15) is 36.6 Å². The lowest BCUT2D eigenvalue weighted by atomic mass is 10.0. The summed E-state index contributed by atoms with van der Waals surface area (Å²) in [5, 5.41) is 0. The number of rotatable bonds is 3. The van der Waals surface area contributed by atoms with Gasteiger partial charge in [-0.2, -0.15) is 13.2 Å². The summed E-state index contributed by atoms with van der Waals surface area (Å²) in [7, 11) is 0. The summed E-state index contributed by atoms with van der Waals surface area (Å²) in [6.07, 6.45) is -4.33. The van der Waals surface area contributed by atoms with Gasteiger partial charge in [-0.25, -0.2) is 0 Å². The van der Waals surface area contributed by atoms with Gasteiger partial charge in [0.2, 0.25) is 0 Å². The second-order valence-electron chi connectivity index (χ2n) is 4.88. The van der Waals surface area contributed by atoms with Gasteiger partial charge in [0.1, 0.15) is 0 Å². The van der Waals surface area contributed by atoms with Crippen LogP contribution in [0.4, 0.5) is 13.2 Å². The van der Waals surface area contributed by atoms with Gasteiger partial charge in [-0.1, -0.05) is 42.5 Å². The largest absolute Gasteiger partial charge is 0.416 e. The summed E-state index contributed by atoms with van der Waals surface area (Å²) in [5.74, 6) is 0. The molecule has 110 valence electrons. The fourth-order valence-electron chi connectivity index (χ4n) is 2.09. The van der Waals surface area contributed by atoms with E-state index in [0.29, 0.717) is 5.56 Å². The van der Waals surface area contributed by atoms with E-state index >= 15 is 0 Å². The Morgan fingerprint density at radius 3 is 2.29 bits per heavy atom. The lowest BCUT2D eigenvalue weighted by Crippen LogP contribution is -2.06. The van der Waals surface area contributed by atoms with Crippen molar-refractivity contribution in [1.29, 1.82) is 0 Å². The van der Waals surface area contributed by atoms with E-state index in [0.717, 1.165) is 23.4 Å². The second kappa shape index (κ2) is 6.12. The maximum Gasteiger partial charge on any atom is 0.416 e. The summed E-state index contributed by atoms with van der Waals surface area (Å²) in [4.78, 5) is 4.49. The first kappa shape index (κ1) is 15.3. The molecule has 0 spiro atoms. The first-order valence-corrected chi connectivity index (χ1v) is 6.65. The monoisotopic (exact) mass is 291 g/mol. The molecule has 0 amide bonds. The molecule has 0 aliphatic rings. The van der Waals surface area contributed by atoms with Gasteiger partial charge in [0.15, 0.2) is 0 Å². The summed E-state index contributed by atoms with van der Waals surface area (Å²) in [5.41, 5.74) is 1.69. The maximum atomic E-state index is 12.7. The topological polar surface area (TPSA) is 12.4 Å². The molecule has 1 atom stereocenters. The molecule has 4 heteroatoms. The van der Waals surface area contributed by atoms with Crippen LogP contribution in [0.2, 0.25) is 0 Å². The number of benzene rings is 2. The molecule has 1 nitrogen and oxygen atoms in total. The van der Waals surface area contributed by atoms with Gasteiger partial charge in [0, 0.05) is 5.71 Å². The van der Waals surface area contributed by atoms with Crippen molar-refractivity contribution >= 4 is 5.71 Å². The van der Waals surface area contributed by atoms with Gasteiger partial charge < -0.3 is 0 Å². The fraction of sp³-hybridized carbons (Fsp3) is 0.235. The zero-order chi connectivity index (χ0) is 15.5. The van der Waals surface area contributed by atoms with E-state index in [9.17, 15) is 13.2 Å². The summed E-state index contributed by atoms with van der Waals surface area (Å²) in [6, 6.07) is 14.6. The van der Waals surface area contributed by atoms with Crippen LogP contribution >= 0.6 is 0 Å². The molecule has 2 rings (SSSR count). The molecular weight excluding hydrogens is 275 g/mol. The molecule has 0 saturated heterocycles. The minimum atomic E-state index is -4.33. The number of halogens is 3. The van der Waals surface area contributed by atoms with Crippen molar-refractivity contribution in [3.05, 3.63) is 71.3 Å². The van der Waals surface area contributed by atoms with E-state index in [1.165, 1.54) is 6.07 Å². The second-order valence-corrected chi connectivity index (χ2v) is 4.88. The molecule has 0 radical (unpaired) electrons. The van der Waals surface area contributed by atoms with E-state index in [1.807, 2.05) is 37.3 Å². The van der Waals surface area contributed by atoms with Crippen LogP contribution in [-0.2, 0) is 6.18 Å². The van der Waals surface area contributed by atoms with Gasteiger partial charge in [-0.3, -0.25) is 4.99 Å². The van der Waals surface area contributed by atoms with Gasteiger partial charge in [-0.05, 0) is 37.1 Å². The molecule has 0 bridgehead atoms. The number of hydrogen-bond donors (Lipinski definition) is 0. The molecule has 2 aromatic rings. The molecule has 0 fully saturated rings. The molecule has 0 saturated carbocycles. The van der Waals surface area contributed by atoms with Gasteiger partial charge in [-0.15, -0.1) is 0 Å². The highest BCUT2D eigenvalue weighted by molar-refractivity contribution is 5.98. The maximum absolute atomic E-state index is 12.7. The number of alkyl halides is 3. The third kappa shape index (κ3) is 3.94. The Morgan fingerprint density at radius 1 is 1.00 bits per heavy atom. The molecule has 21 heavy (non-hydrogen) atoms. The van der Waals surface area contributed by atoms with E-state index in [1.54, 1.807) is 13.0 Å². The Morgan fingerprint density at radius 2 is 1.67 bits per heavy atom. The lowest BCUT2D eigenvalue weighted by molar-refractivity contribution is -0.137. The van der Waals surface area contributed by atoms with Crippen LogP contribution in [0, 0.1) is 0 Å². The first-order valence-electron chi connectivity index (χ1n) is 6.65. The molecule has 0 heterocycles. The van der Waals surface area contributed by atoms with Crippen LogP contribution in [0.5, 0.6) is 0 Å². The van der Waals surface area contributed by atoms with E-state index in [-0.39, 0.29) is 6.04 Å². The first-order chi connectivity index (χ1) is 9.88. The summed E-state index contributed by atoms with van der Waals surface area (Å²) in [6.45, 7) is 3.65. The van der Waals surface area contributed by atoms with Crippen LogP contribution in [0.15, 0.2) is 59.6 Å². The Hall–Kier alpha value is -2.10.